The van der Waals surface area contributed by atoms with Gasteiger partial charge in [0.1, 0.15) is 11.5 Å². The highest BCUT2D eigenvalue weighted by molar-refractivity contribution is 5.50. The first-order chi connectivity index (χ1) is 9.62. The minimum Gasteiger partial charge on any atom is -0.496 e. The molecule has 1 aromatic heterocycles. The molecule has 20 heavy (non-hydrogen) atoms. The normalized spacial score (nSPS) is 12.2. The lowest BCUT2D eigenvalue weighted by atomic mass is 9.97. The Morgan fingerprint density at radius 3 is 2.35 bits per heavy atom. The van der Waals surface area contributed by atoms with E-state index in [1.54, 1.807) is 18.9 Å². The molecule has 0 spiro atoms. The highest BCUT2D eigenvalue weighted by Gasteiger charge is 2.22. The molecule has 0 amide bonds. The van der Waals surface area contributed by atoms with E-state index in [1.807, 2.05) is 31.4 Å². The van der Waals surface area contributed by atoms with Gasteiger partial charge in [-0.25, -0.2) is 0 Å². The summed E-state index contributed by atoms with van der Waals surface area (Å²) < 4.78 is 12.6. The first-order valence-corrected chi connectivity index (χ1v) is 6.61. The van der Waals surface area contributed by atoms with Crippen molar-refractivity contribution in [1.82, 2.24) is 9.78 Å². The first-order valence-electron chi connectivity index (χ1n) is 6.61. The lowest BCUT2D eigenvalue weighted by Gasteiger charge is -2.18. The van der Waals surface area contributed by atoms with Gasteiger partial charge in [0.25, 0.3) is 0 Å². The van der Waals surface area contributed by atoms with Crippen molar-refractivity contribution >= 4 is 0 Å². The van der Waals surface area contributed by atoms with E-state index in [9.17, 15) is 0 Å². The van der Waals surface area contributed by atoms with Gasteiger partial charge in [-0.05, 0) is 18.6 Å². The average Bonchev–Trinajstić information content (AvgIpc) is 2.86. The topological polar surface area (TPSA) is 62.3 Å². The summed E-state index contributed by atoms with van der Waals surface area (Å²) >= 11 is 0. The quantitative estimate of drug-likeness (QED) is 0.907. The van der Waals surface area contributed by atoms with E-state index in [0.717, 1.165) is 34.7 Å². The maximum absolute atomic E-state index is 6.45. The Balaban J connectivity index is 2.54. The van der Waals surface area contributed by atoms with E-state index in [2.05, 4.69) is 12.0 Å². The Labute approximate surface area is 119 Å². The summed E-state index contributed by atoms with van der Waals surface area (Å²) in [4.78, 5) is 0. The van der Waals surface area contributed by atoms with Gasteiger partial charge in [0, 0.05) is 18.8 Å². The van der Waals surface area contributed by atoms with E-state index >= 15 is 0 Å². The second-order valence-corrected chi connectivity index (χ2v) is 4.61. The van der Waals surface area contributed by atoms with Crippen LogP contribution in [0, 0.1) is 0 Å². The molecule has 0 bridgehead atoms. The van der Waals surface area contributed by atoms with Crippen molar-refractivity contribution in [2.24, 2.45) is 12.8 Å². The molecule has 5 heteroatoms. The third-order valence-corrected chi connectivity index (χ3v) is 3.38. The molecule has 0 fully saturated rings. The molecule has 0 aliphatic heterocycles. The molecular formula is C15H21N3O2. The number of benzene rings is 1. The van der Waals surface area contributed by atoms with Gasteiger partial charge < -0.3 is 15.2 Å². The van der Waals surface area contributed by atoms with Gasteiger partial charge in [0.05, 0.1) is 31.5 Å². The lowest BCUT2D eigenvalue weighted by Crippen LogP contribution is -2.15. The third kappa shape index (κ3) is 2.49. The van der Waals surface area contributed by atoms with Crippen LogP contribution in [0.5, 0.6) is 11.5 Å². The van der Waals surface area contributed by atoms with Crippen LogP contribution in [-0.2, 0) is 13.5 Å². The molecule has 2 rings (SSSR count). The van der Waals surface area contributed by atoms with Gasteiger partial charge in [-0.15, -0.1) is 0 Å². The molecule has 2 N–H and O–H groups in total. The SMILES string of the molecule is CCc1nn(C)cc1C(N)c1c(OC)cccc1OC. The minimum absolute atomic E-state index is 0.329. The first kappa shape index (κ1) is 14.4. The van der Waals surface area contributed by atoms with Gasteiger partial charge in [0.2, 0.25) is 0 Å². The molecule has 5 nitrogen and oxygen atoms in total. The van der Waals surface area contributed by atoms with Crippen molar-refractivity contribution in [3.05, 3.63) is 41.2 Å². The van der Waals surface area contributed by atoms with Crippen LogP contribution in [0.15, 0.2) is 24.4 Å². The zero-order valence-electron chi connectivity index (χ0n) is 12.4. The van der Waals surface area contributed by atoms with Crippen molar-refractivity contribution in [3.63, 3.8) is 0 Å². The molecule has 1 heterocycles. The summed E-state index contributed by atoms with van der Waals surface area (Å²) in [5, 5.41) is 4.44. The van der Waals surface area contributed by atoms with Crippen molar-refractivity contribution in [3.8, 4) is 11.5 Å². The molecule has 0 radical (unpaired) electrons. The number of hydrogen-bond donors (Lipinski definition) is 1. The second-order valence-electron chi connectivity index (χ2n) is 4.61. The predicted molar refractivity (Wildman–Crippen MR) is 78.2 cm³/mol. The number of aromatic nitrogens is 2. The van der Waals surface area contributed by atoms with E-state index in [4.69, 9.17) is 15.2 Å². The number of methoxy groups -OCH3 is 2. The summed E-state index contributed by atoms with van der Waals surface area (Å²) in [5.74, 6) is 1.45. The Kier molecular flexibility index (Phi) is 4.29. The monoisotopic (exact) mass is 275 g/mol. The smallest absolute Gasteiger partial charge is 0.127 e. The van der Waals surface area contributed by atoms with E-state index in [0.29, 0.717) is 0 Å². The third-order valence-electron chi connectivity index (χ3n) is 3.38. The molecule has 0 aliphatic carbocycles. The molecule has 0 saturated heterocycles. The Morgan fingerprint density at radius 2 is 1.85 bits per heavy atom. The van der Waals surface area contributed by atoms with Crippen LogP contribution >= 0.6 is 0 Å². The Morgan fingerprint density at radius 1 is 1.25 bits per heavy atom. The Hall–Kier alpha value is -2.01. The second kappa shape index (κ2) is 5.96. The molecule has 1 aromatic carbocycles. The number of nitrogens with two attached hydrogens (primary N) is 1. The van der Waals surface area contributed by atoms with Crippen LogP contribution in [-0.4, -0.2) is 24.0 Å². The molecular weight excluding hydrogens is 254 g/mol. The fraction of sp³-hybridized carbons (Fsp3) is 0.400. The molecule has 1 unspecified atom stereocenters. The van der Waals surface area contributed by atoms with Crippen molar-refractivity contribution < 1.29 is 9.47 Å². The van der Waals surface area contributed by atoms with Crippen LogP contribution in [0.25, 0.3) is 0 Å². The number of ether oxygens (including phenoxy) is 2. The zero-order chi connectivity index (χ0) is 14.7. The van der Waals surface area contributed by atoms with Gasteiger partial charge >= 0.3 is 0 Å². The van der Waals surface area contributed by atoms with Crippen molar-refractivity contribution in [1.29, 1.82) is 0 Å². The van der Waals surface area contributed by atoms with Crippen LogP contribution in [0.4, 0.5) is 0 Å². The van der Waals surface area contributed by atoms with E-state index in [1.165, 1.54) is 0 Å². The number of rotatable bonds is 5. The summed E-state index contributed by atoms with van der Waals surface area (Å²) in [7, 11) is 5.17. The van der Waals surface area contributed by atoms with Gasteiger partial charge in [0.15, 0.2) is 0 Å². The van der Waals surface area contributed by atoms with Crippen LogP contribution in [0.3, 0.4) is 0 Å². The molecule has 0 saturated carbocycles. The highest BCUT2D eigenvalue weighted by Crippen LogP contribution is 2.36. The van der Waals surface area contributed by atoms with E-state index < -0.39 is 0 Å². The van der Waals surface area contributed by atoms with Crippen LogP contribution < -0.4 is 15.2 Å². The number of nitrogens with zero attached hydrogens (tertiary/aromatic N) is 2. The number of hydrogen-bond acceptors (Lipinski definition) is 4. The summed E-state index contributed by atoms with van der Waals surface area (Å²) in [5.41, 5.74) is 9.28. The highest BCUT2D eigenvalue weighted by atomic mass is 16.5. The maximum Gasteiger partial charge on any atom is 0.127 e. The maximum atomic E-state index is 6.45. The van der Waals surface area contributed by atoms with Gasteiger partial charge in [-0.2, -0.15) is 5.10 Å². The van der Waals surface area contributed by atoms with Crippen molar-refractivity contribution in [2.75, 3.05) is 14.2 Å². The van der Waals surface area contributed by atoms with E-state index in [-0.39, 0.29) is 6.04 Å². The standard InChI is InChI=1S/C15H21N3O2/c1-5-11-10(9-18(2)17-11)15(16)14-12(19-3)7-6-8-13(14)20-4/h6-9,15H,5,16H2,1-4H3. The fourth-order valence-electron chi connectivity index (χ4n) is 2.43. The number of aryl methyl sites for hydroxylation is 2. The average molecular weight is 275 g/mol. The summed E-state index contributed by atoms with van der Waals surface area (Å²) in [6.07, 6.45) is 2.79. The predicted octanol–water partition coefficient (Wildman–Crippen LogP) is 2.05. The van der Waals surface area contributed by atoms with Crippen LogP contribution in [0.1, 0.15) is 29.8 Å². The summed E-state index contributed by atoms with van der Waals surface area (Å²) in [6.45, 7) is 2.07. The molecule has 0 aliphatic rings. The molecule has 1 atom stereocenters. The fourth-order valence-corrected chi connectivity index (χ4v) is 2.43. The minimum atomic E-state index is -0.329. The van der Waals surface area contributed by atoms with Crippen LogP contribution in [0.2, 0.25) is 0 Å². The lowest BCUT2D eigenvalue weighted by molar-refractivity contribution is 0.382. The largest absolute Gasteiger partial charge is 0.496 e. The summed E-state index contributed by atoms with van der Waals surface area (Å²) in [6, 6.07) is 5.34. The zero-order valence-corrected chi connectivity index (χ0v) is 12.4. The molecule has 108 valence electrons. The Bertz CT molecular complexity index is 571. The van der Waals surface area contributed by atoms with Gasteiger partial charge in [-0.1, -0.05) is 13.0 Å². The van der Waals surface area contributed by atoms with Gasteiger partial charge in [-0.3, -0.25) is 4.68 Å². The van der Waals surface area contributed by atoms with Crippen molar-refractivity contribution in [2.45, 2.75) is 19.4 Å². The molecule has 2 aromatic rings.